The summed E-state index contributed by atoms with van der Waals surface area (Å²) in [5.41, 5.74) is 5.80. The number of aromatic nitrogens is 6. The number of nitrogens with one attached hydrogen (secondary N) is 2. The molecule has 0 aliphatic heterocycles. The molecule has 0 bridgehead atoms. The lowest BCUT2D eigenvalue weighted by molar-refractivity contribution is 0.871. The third-order valence-electron chi connectivity index (χ3n) is 5.10. The van der Waals surface area contributed by atoms with Crippen LogP contribution in [0.3, 0.4) is 0 Å². The maximum Gasteiger partial charge on any atom is 0.182 e. The number of rotatable bonds is 4. The number of hydrogen-bond donors (Lipinski definition) is 2. The number of pyridine rings is 2. The van der Waals surface area contributed by atoms with E-state index in [1.54, 1.807) is 12.5 Å². The van der Waals surface area contributed by atoms with E-state index < -0.39 is 0 Å². The van der Waals surface area contributed by atoms with Gasteiger partial charge in [-0.25, -0.2) is 19.9 Å². The van der Waals surface area contributed by atoms with Crippen molar-refractivity contribution in [1.29, 1.82) is 0 Å². The lowest BCUT2D eigenvalue weighted by atomic mass is 9.99. The minimum atomic E-state index is -0.112. The Morgan fingerprint density at radius 3 is 2.80 bits per heavy atom. The molecule has 0 saturated heterocycles. The summed E-state index contributed by atoms with van der Waals surface area (Å²) in [6.07, 6.45) is 4.89. The Bertz CT molecular complexity index is 1380. The monoisotopic (exact) mass is 415 g/mol. The van der Waals surface area contributed by atoms with Crippen LogP contribution in [0.2, 0.25) is 5.02 Å². The quantitative estimate of drug-likeness (QED) is 0.424. The van der Waals surface area contributed by atoms with Crippen LogP contribution in [0.4, 0.5) is 5.82 Å². The van der Waals surface area contributed by atoms with Gasteiger partial charge in [-0.2, -0.15) is 0 Å². The fourth-order valence-electron chi connectivity index (χ4n) is 3.59. The summed E-state index contributed by atoms with van der Waals surface area (Å²) in [4.78, 5) is 25.4. The van der Waals surface area contributed by atoms with Crippen LogP contribution in [0.15, 0.2) is 55.2 Å². The molecular weight excluding hydrogens is 398 g/mol. The van der Waals surface area contributed by atoms with Gasteiger partial charge in [-0.1, -0.05) is 29.8 Å². The van der Waals surface area contributed by atoms with Crippen LogP contribution in [0, 0.1) is 6.92 Å². The molecule has 0 aliphatic carbocycles. The SMILES string of the molecule is Cc1cccnc1-c1nc2c(Cl)cccc2cc1C(C)Nc1ncnc2nc[nH]c12. The third-order valence-corrected chi connectivity index (χ3v) is 5.41. The molecule has 0 amide bonds. The van der Waals surface area contributed by atoms with Crippen molar-refractivity contribution < 1.29 is 0 Å². The second-order valence-corrected chi connectivity index (χ2v) is 7.50. The van der Waals surface area contributed by atoms with Crippen molar-refractivity contribution in [2.24, 2.45) is 0 Å². The molecule has 4 heterocycles. The molecule has 0 spiro atoms. The maximum absolute atomic E-state index is 6.44. The molecule has 1 atom stereocenters. The van der Waals surface area contributed by atoms with Gasteiger partial charge in [0.2, 0.25) is 0 Å². The number of imidazole rings is 1. The number of H-pyrrole nitrogens is 1. The van der Waals surface area contributed by atoms with E-state index in [9.17, 15) is 0 Å². The summed E-state index contributed by atoms with van der Waals surface area (Å²) in [7, 11) is 0. The molecule has 30 heavy (non-hydrogen) atoms. The van der Waals surface area contributed by atoms with Gasteiger partial charge in [-0.3, -0.25) is 4.98 Å². The Balaban J connectivity index is 1.68. The highest BCUT2D eigenvalue weighted by molar-refractivity contribution is 6.35. The maximum atomic E-state index is 6.44. The van der Waals surface area contributed by atoms with Crippen LogP contribution < -0.4 is 5.32 Å². The molecule has 1 unspecified atom stereocenters. The molecule has 2 N–H and O–H groups in total. The minimum Gasteiger partial charge on any atom is -0.362 e. The van der Waals surface area contributed by atoms with Gasteiger partial charge in [0.1, 0.15) is 11.8 Å². The number of halogens is 1. The largest absolute Gasteiger partial charge is 0.362 e. The average molecular weight is 416 g/mol. The highest BCUT2D eigenvalue weighted by atomic mass is 35.5. The van der Waals surface area contributed by atoms with Crippen molar-refractivity contribution in [1.82, 2.24) is 29.9 Å². The zero-order valence-corrected chi connectivity index (χ0v) is 17.1. The number of hydrogen-bond acceptors (Lipinski definition) is 6. The van der Waals surface area contributed by atoms with Gasteiger partial charge in [0.25, 0.3) is 0 Å². The molecule has 7 nitrogen and oxygen atoms in total. The Labute approximate surface area is 177 Å². The third kappa shape index (κ3) is 3.13. The van der Waals surface area contributed by atoms with E-state index in [-0.39, 0.29) is 6.04 Å². The topological polar surface area (TPSA) is 92.3 Å². The highest BCUT2D eigenvalue weighted by Gasteiger charge is 2.19. The number of aromatic amines is 1. The highest BCUT2D eigenvalue weighted by Crippen LogP contribution is 2.34. The van der Waals surface area contributed by atoms with Crippen molar-refractivity contribution in [2.45, 2.75) is 19.9 Å². The normalized spacial score (nSPS) is 12.4. The van der Waals surface area contributed by atoms with Gasteiger partial charge in [0.05, 0.1) is 34.3 Å². The van der Waals surface area contributed by atoms with E-state index in [1.807, 2.05) is 37.3 Å². The molecule has 8 heteroatoms. The van der Waals surface area contributed by atoms with E-state index in [1.165, 1.54) is 6.33 Å². The van der Waals surface area contributed by atoms with Gasteiger partial charge >= 0.3 is 0 Å². The van der Waals surface area contributed by atoms with Crippen molar-refractivity contribution in [3.63, 3.8) is 0 Å². The number of fused-ring (bicyclic) bond motifs is 2. The number of nitrogens with zero attached hydrogens (tertiary/aromatic N) is 5. The number of anilines is 1. The van der Waals surface area contributed by atoms with Gasteiger partial charge in [0.15, 0.2) is 11.5 Å². The summed E-state index contributed by atoms with van der Waals surface area (Å²) >= 11 is 6.44. The first-order valence-electron chi connectivity index (χ1n) is 9.53. The second-order valence-electron chi connectivity index (χ2n) is 7.10. The van der Waals surface area contributed by atoms with Crippen LogP contribution in [-0.4, -0.2) is 29.9 Å². The number of benzene rings is 1. The zero-order chi connectivity index (χ0) is 20.7. The van der Waals surface area contributed by atoms with Crippen molar-refractivity contribution in [3.05, 3.63) is 71.4 Å². The molecule has 0 saturated carbocycles. The summed E-state index contributed by atoms with van der Waals surface area (Å²) in [6.45, 7) is 4.10. The summed E-state index contributed by atoms with van der Waals surface area (Å²) in [5.74, 6) is 0.680. The standard InChI is InChI=1S/C22H18ClN7/c1-12-5-4-8-24-17(12)19-15(9-14-6-3-7-16(23)18(14)30-19)13(2)29-22-20-21(26-10-25-20)27-11-28-22/h3-11,13H,1-2H3,(H2,25,26,27,28,29). The van der Waals surface area contributed by atoms with Crippen LogP contribution in [0.1, 0.15) is 24.1 Å². The minimum absolute atomic E-state index is 0.112. The van der Waals surface area contributed by atoms with Crippen LogP contribution in [0.5, 0.6) is 0 Å². The number of aryl methyl sites for hydroxylation is 1. The van der Waals surface area contributed by atoms with Crippen molar-refractivity contribution in [3.8, 4) is 11.4 Å². The lowest BCUT2D eigenvalue weighted by Gasteiger charge is -2.20. The lowest BCUT2D eigenvalue weighted by Crippen LogP contribution is -2.11. The Hall–Kier alpha value is -3.58. The van der Waals surface area contributed by atoms with Crippen molar-refractivity contribution in [2.75, 3.05) is 5.32 Å². The Morgan fingerprint density at radius 1 is 1.03 bits per heavy atom. The van der Waals surface area contributed by atoms with Gasteiger partial charge < -0.3 is 10.3 Å². The summed E-state index contributed by atoms with van der Waals surface area (Å²) in [6, 6.07) is 11.7. The number of para-hydroxylation sites is 1. The van der Waals surface area contributed by atoms with Gasteiger partial charge in [0, 0.05) is 17.1 Å². The van der Waals surface area contributed by atoms with Crippen molar-refractivity contribution >= 4 is 39.5 Å². The summed E-state index contributed by atoms with van der Waals surface area (Å²) in [5, 5.41) is 5.06. The van der Waals surface area contributed by atoms with E-state index in [4.69, 9.17) is 16.6 Å². The van der Waals surface area contributed by atoms with E-state index in [0.29, 0.717) is 16.5 Å². The Morgan fingerprint density at radius 2 is 1.93 bits per heavy atom. The first-order valence-corrected chi connectivity index (χ1v) is 9.91. The molecule has 5 rings (SSSR count). The molecule has 148 valence electrons. The molecule has 4 aromatic heterocycles. The fourth-order valence-corrected chi connectivity index (χ4v) is 3.81. The van der Waals surface area contributed by atoms with Crippen LogP contribution in [0.25, 0.3) is 33.5 Å². The average Bonchev–Trinajstić information content (AvgIpc) is 3.24. The predicted octanol–water partition coefficient (Wildman–Crippen LogP) is 5.10. The predicted molar refractivity (Wildman–Crippen MR) is 118 cm³/mol. The van der Waals surface area contributed by atoms with Gasteiger partial charge in [-0.15, -0.1) is 0 Å². The van der Waals surface area contributed by atoms with E-state index >= 15 is 0 Å². The van der Waals surface area contributed by atoms with Crippen LogP contribution >= 0.6 is 11.6 Å². The first-order chi connectivity index (χ1) is 14.6. The molecule has 0 aliphatic rings. The molecule has 1 aromatic carbocycles. The summed E-state index contributed by atoms with van der Waals surface area (Å²) < 4.78 is 0. The van der Waals surface area contributed by atoms with Crippen LogP contribution in [-0.2, 0) is 0 Å². The second kappa shape index (κ2) is 7.35. The van der Waals surface area contributed by atoms with Gasteiger partial charge in [-0.05, 0) is 37.6 Å². The molecule has 0 fully saturated rings. The fraction of sp³-hybridized carbons (Fsp3) is 0.136. The van der Waals surface area contributed by atoms with E-state index in [2.05, 4.69) is 43.2 Å². The molecule has 0 radical (unpaired) electrons. The molecule has 5 aromatic rings. The Kier molecular flexibility index (Phi) is 4.52. The smallest absolute Gasteiger partial charge is 0.182 e. The first kappa shape index (κ1) is 18.4. The zero-order valence-electron chi connectivity index (χ0n) is 16.4. The molecular formula is C22H18ClN7. The van der Waals surface area contributed by atoms with E-state index in [0.717, 1.165) is 38.9 Å².